The Morgan fingerprint density at radius 1 is 0.735 bits per heavy atom. The Morgan fingerprint density at radius 2 is 1.50 bits per heavy atom. The molecule has 12 rings (SSSR count). The highest BCUT2D eigenvalue weighted by Gasteiger charge is 2.53. The maximum atomic E-state index is 15.0. The first-order valence-corrected chi connectivity index (χ1v) is 46.3. The van der Waals surface area contributed by atoms with Crippen molar-refractivity contribution < 1.29 is 95.6 Å². The molecule has 6 aromatic rings. The fraction of sp³-hybridized carbons (Fsp3) is 0.604. The third kappa shape index (κ3) is 26.1. The van der Waals surface area contributed by atoms with Crippen molar-refractivity contribution in [1.29, 1.82) is 0 Å². The van der Waals surface area contributed by atoms with Crippen LogP contribution in [0.4, 0.5) is 22.6 Å². The second-order valence-electron chi connectivity index (χ2n) is 36.4. The van der Waals surface area contributed by atoms with Gasteiger partial charge >= 0.3 is 12.1 Å². The van der Waals surface area contributed by atoms with Gasteiger partial charge in [0.05, 0.1) is 82.3 Å². The van der Waals surface area contributed by atoms with Gasteiger partial charge in [-0.2, -0.15) is 10.1 Å². The molecule has 5 aliphatic heterocycles. The zero-order chi connectivity index (χ0) is 94.5. The van der Waals surface area contributed by atoms with E-state index in [0.717, 1.165) is 22.3 Å². The van der Waals surface area contributed by atoms with Crippen molar-refractivity contribution in [3.63, 3.8) is 0 Å². The summed E-state index contributed by atoms with van der Waals surface area (Å²) in [6.45, 7) is 17.9. The lowest BCUT2D eigenvalue weighted by molar-refractivity contribution is -0.265. The van der Waals surface area contributed by atoms with E-state index in [1.165, 1.54) is 23.9 Å². The highest BCUT2D eigenvalue weighted by Crippen LogP contribution is 2.40. The maximum absolute atomic E-state index is 15.0. The highest BCUT2D eigenvalue weighted by atomic mass is 16.6. The molecule has 8 N–H and O–H groups in total. The van der Waals surface area contributed by atoms with Gasteiger partial charge in [0.15, 0.2) is 17.0 Å². The normalized spacial score (nSPS) is 27.6. The van der Waals surface area contributed by atoms with Crippen LogP contribution in [-0.4, -0.2) is 293 Å². The number of aliphatic hydroxyl groups excluding tert-OH is 1. The number of methoxy groups -OCH3 is 4. The van der Waals surface area contributed by atoms with Crippen molar-refractivity contribution in [3.8, 4) is 11.3 Å². The number of carbonyl (C=O) groups is 8. The van der Waals surface area contributed by atoms with Crippen molar-refractivity contribution in [2.24, 2.45) is 35.5 Å². The monoisotopic (exact) mass is 1830 g/mol. The van der Waals surface area contributed by atoms with Gasteiger partial charge in [-0.3, -0.25) is 33.7 Å². The van der Waals surface area contributed by atoms with Crippen LogP contribution < -0.4 is 27.0 Å². The molecule has 5 amide bonds. The molecule has 2 aromatic carbocycles. The summed E-state index contributed by atoms with van der Waals surface area (Å²) in [6, 6.07) is 10.7. The molecule has 2 bridgehead atoms. The van der Waals surface area contributed by atoms with E-state index < -0.39 is 102 Å². The number of nitrogen functional groups attached to an aromatic ring is 2. The molecule has 132 heavy (non-hydrogen) atoms. The number of alkyl carbamates (subject to hydrolysis) is 1. The minimum absolute atomic E-state index is 0.00106. The van der Waals surface area contributed by atoms with Crippen LogP contribution in [0.1, 0.15) is 154 Å². The summed E-state index contributed by atoms with van der Waals surface area (Å²) in [5.74, 6) is -7.09. The fourth-order valence-electron chi connectivity index (χ4n) is 18.9. The second kappa shape index (κ2) is 47.4. The molecule has 0 spiro atoms. The molecule has 36 nitrogen and oxygen atoms in total. The van der Waals surface area contributed by atoms with E-state index in [9.17, 15) is 48.6 Å². The largest absolute Gasteiger partial charge is 0.460 e. The van der Waals surface area contributed by atoms with Crippen LogP contribution in [0.2, 0.25) is 0 Å². The minimum Gasteiger partial charge on any atom is -0.460 e. The van der Waals surface area contributed by atoms with Gasteiger partial charge in [-0.1, -0.05) is 89.3 Å². The number of aromatic nitrogens is 7. The fourth-order valence-corrected chi connectivity index (χ4v) is 18.9. The van der Waals surface area contributed by atoms with Gasteiger partial charge in [0.2, 0.25) is 29.5 Å². The molecular formula is C96H134N16O20. The molecule has 6 aliphatic rings. The zero-order valence-electron chi connectivity index (χ0n) is 78.3. The number of Topliss-reactive ketones (excluding diaryl/α,β-unsaturated/α-hetero) is 2. The van der Waals surface area contributed by atoms with E-state index >= 15 is 0 Å². The lowest BCUT2D eigenvalue weighted by Gasteiger charge is -2.43. The Morgan fingerprint density at radius 3 is 2.25 bits per heavy atom. The van der Waals surface area contributed by atoms with E-state index in [1.54, 1.807) is 70.5 Å². The van der Waals surface area contributed by atoms with Crippen molar-refractivity contribution in [3.05, 3.63) is 125 Å². The number of nitrogens with zero attached hydrogens (tertiary/aromatic N) is 12. The number of benzene rings is 2. The number of rotatable bonds is 27. The smallest absolute Gasteiger partial charge is 0.407 e. The van der Waals surface area contributed by atoms with Crippen molar-refractivity contribution in [2.75, 3.05) is 137 Å². The van der Waals surface area contributed by atoms with Crippen molar-refractivity contribution in [2.45, 2.75) is 219 Å². The number of hydrogen-bond acceptors (Lipinski definition) is 30. The number of carbonyl (C=O) groups excluding carboxylic acids is 8. The topological polar surface area (TPSA) is 448 Å². The quantitative estimate of drug-likeness (QED) is 0.0122. The van der Waals surface area contributed by atoms with Crippen LogP contribution in [0.5, 0.6) is 0 Å². The van der Waals surface area contributed by atoms with Crippen LogP contribution in [0, 0.1) is 35.5 Å². The first-order chi connectivity index (χ1) is 63.4. The molecule has 0 unspecified atom stereocenters. The van der Waals surface area contributed by atoms with Crippen LogP contribution in [0.3, 0.4) is 0 Å². The van der Waals surface area contributed by atoms with Gasteiger partial charge in [0, 0.05) is 141 Å². The number of ketones is 2. The lowest BCUT2D eigenvalue weighted by Crippen LogP contribution is -2.61. The summed E-state index contributed by atoms with van der Waals surface area (Å²) in [5, 5.41) is 35.3. The number of anilines is 3. The number of esters is 1. The van der Waals surface area contributed by atoms with Crippen molar-refractivity contribution in [1.82, 2.24) is 64.9 Å². The number of piperidine rings is 1. The molecule has 1 aliphatic carbocycles. The summed E-state index contributed by atoms with van der Waals surface area (Å²) >= 11 is 0. The standard InChI is InChI=1S/C96H134N16O20/c1-58-18-14-13-15-19-59(2)76(123-9)48-71-26-21-64(7)96(122,132-71)88(118)91(119)111-32-17-16-20-73(111)92(120)129-78(49-77(124-10)60(3)43-63(6)86(117)87(126-12)85(116)62(5)42-58)61(4)44-65-23-27-75(79(46-65)125-11)131-95(121)102-52-67-50-100-94(101-51-67)109-36-34-108(35-37-109)82(115)56-107(8)55-80(113)99-31-39-128-41-40-127-38-30-81(114)110-33-29-68-45-66(22-24-70(68)54-110)53-112-90-83(89(97)103-57-104-90)84(106-112)69-25-28-74-72(47-69)105-93(98)130-74/h13-15,18-19,22,24-25,28,43,45,47,50-51,57-58,60-62,64-65,71,73,75-79,86-87,117,122H,16-17,20-21,23,26-27,29-42,44,46,48-49,52-56H2,1-12H3,(H2,98,105)(H,99,113)(H,102,121)(H2,97,103,104)/b15-13+,18-14+,59-19+,63-43+/t58-,60-,61-,62-,64-,65+,71+,73+,75-,76+,77-,78+,79-,86-,87+,96-/m1/s1. The van der Waals surface area contributed by atoms with Crippen LogP contribution in [0.25, 0.3) is 33.4 Å². The predicted molar refractivity (Wildman–Crippen MR) is 491 cm³/mol. The van der Waals surface area contributed by atoms with Gasteiger partial charge in [-0.15, -0.1) is 0 Å². The number of cyclic esters (lactones) is 1. The SMILES string of the molecule is CO[C@H]1C[C@@H]2CC[C@@H](C)[C@@](O)(O2)C(=O)C(=O)N2CCCC[C@H]2C(=O)O[C@H]([C@H](C)C[C@@H]2CC[C@@H](OC(=O)NCc3cnc(N4CCN(C(=O)CN(C)CC(=O)NCCOCCOCCC(=O)N5CCc6cc(Cn7nc(-c8ccc9oc(N)nc9c8)c8c(N)ncnc87)ccc6C5)CC4)nc3)[C@H](OC)C2)C[C@@H](OC)[C@H](C)/C=C(\C)[C@@H](O)[C@@H](OC)C(=O)[C@H](C)C[C@H](C)/C=C/C=C/C=C/1C. The third-order valence-corrected chi connectivity index (χ3v) is 26.6. The van der Waals surface area contributed by atoms with Gasteiger partial charge in [0.25, 0.3) is 17.7 Å². The zero-order valence-corrected chi connectivity index (χ0v) is 78.3. The van der Waals surface area contributed by atoms with Crippen LogP contribution in [-0.2, 0) is 102 Å². The van der Waals surface area contributed by atoms with E-state index in [-0.39, 0.29) is 126 Å². The Kier molecular flexibility index (Phi) is 36.1. The number of hydrogen-bond donors (Lipinski definition) is 6. The average molecular weight is 1830 g/mol. The molecular weight excluding hydrogens is 1700 g/mol. The number of nitrogens with one attached hydrogen (secondary N) is 2. The van der Waals surface area contributed by atoms with Gasteiger partial charge in [0.1, 0.15) is 53.8 Å². The number of ether oxygens (including phenoxy) is 9. The lowest BCUT2D eigenvalue weighted by atomic mass is 9.78. The molecule has 9 heterocycles. The Labute approximate surface area is 771 Å². The first kappa shape index (κ1) is 100. The van der Waals surface area contributed by atoms with E-state index in [4.69, 9.17) is 63.6 Å². The number of aliphatic hydroxyl groups is 2. The number of oxazole rings is 1. The first-order valence-electron chi connectivity index (χ1n) is 46.3. The van der Waals surface area contributed by atoms with Gasteiger partial charge < -0.3 is 99.0 Å². The predicted octanol–water partition coefficient (Wildman–Crippen LogP) is 8.22. The Bertz CT molecular complexity index is 5070. The molecule has 0 radical (unpaired) electrons. The average Bonchev–Trinajstić information content (AvgIpc) is 1.51. The number of allylic oxidation sites excluding steroid dienone is 5. The molecule has 36 heteroatoms. The van der Waals surface area contributed by atoms with Crippen molar-refractivity contribution >= 4 is 87.2 Å². The maximum Gasteiger partial charge on any atom is 0.407 e. The summed E-state index contributed by atoms with van der Waals surface area (Å²) in [6.07, 6.45) is 15.7. The second-order valence-corrected chi connectivity index (χ2v) is 36.4. The molecule has 718 valence electrons. The highest BCUT2D eigenvalue weighted by molar-refractivity contribution is 6.39. The van der Waals surface area contributed by atoms with Crippen LogP contribution in [0.15, 0.2) is 107 Å². The van der Waals surface area contributed by atoms with E-state index in [1.807, 2.05) is 104 Å². The molecule has 4 aromatic heterocycles. The third-order valence-electron chi connectivity index (χ3n) is 26.6. The minimum atomic E-state index is -2.47. The van der Waals surface area contributed by atoms with E-state index in [0.29, 0.717) is 167 Å². The number of nitrogens with two attached hydrogens (primary N) is 2. The summed E-state index contributed by atoms with van der Waals surface area (Å²) in [5.41, 5.74) is 20.6. The van der Waals surface area contributed by atoms with Gasteiger partial charge in [-0.25, -0.2) is 34.2 Å². The Hall–Kier alpha value is -10.5. The molecule has 4 fully saturated rings. The summed E-state index contributed by atoms with van der Waals surface area (Å²) < 4.78 is 61.5. The van der Waals surface area contributed by atoms with Crippen LogP contribution >= 0.6 is 0 Å². The molecule has 3 saturated heterocycles. The van der Waals surface area contributed by atoms with E-state index in [2.05, 4.69) is 47.7 Å². The Balaban J connectivity index is 0.549. The number of piperazine rings is 1. The number of likely N-dealkylation sites (N-methyl/N-ethyl adjacent to an activating group) is 1. The molecule has 16 atom stereocenters. The summed E-state index contributed by atoms with van der Waals surface area (Å²) in [7, 11) is 7.84. The number of amides is 5. The van der Waals surface area contributed by atoms with Gasteiger partial charge in [-0.05, 0) is 155 Å². The summed E-state index contributed by atoms with van der Waals surface area (Å²) in [4.78, 5) is 142. The number of fused-ring (bicyclic) bond motifs is 6. The molecule has 1 saturated carbocycles.